The number of ether oxygens (including phenoxy) is 2. The molecule has 1 rings (SSSR count). The molecule has 2 N–H and O–H groups in total. The normalized spacial score (nSPS) is 12.0. The van der Waals surface area contributed by atoms with E-state index in [1.807, 2.05) is 32.0 Å². The molecule has 0 radical (unpaired) electrons. The van der Waals surface area contributed by atoms with Gasteiger partial charge in [0, 0.05) is 11.1 Å². The predicted molar refractivity (Wildman–Crippen MR) is 75.5 cm³/mol. The Hall–Kier alpha value is -1.19. The number of hydrogen-bond acceptors (Lipinski definition) is 3. The van der Waals surface area contributed by atoms with Crippen molar-refractivity contribution in [1.82, 2.24) is 0 Å². The third-order valence-corrected chi connectivity index (χ3v) is 2.38. The van der Waals surface area contributed by atoms with E-state index in [2.05, 4.69) is 6.58 Å². The average molecular weight is 270 g/mol. The first-order valence-electron chi connectivity index (χ1n) is 6.01. The lowest BCUT2D eigenvalue weighted by Crippen LogP contribution is -2.18. The van der Waals surface area contributed by atoms with Gasteiger partial charge in [0.2, 0.25) is 0 Å². The largest absolute Gasteiger partial charge is 0.490 e. The Morgan fingerprint density at radius 2 is 2.17 bits per heavy atom. The van der Waals surface area contributed by atoms with Gasteiger partial charge >= 0.3 is 0 Å². The van der Waals surface area contributed by atoms with Crippen molar-refractivity contribution in [3.8, 4) is 11.5 Å². The lowest BCUT2D eigenvalue weighted by molar-refractivity contribution is 0.293. The zero-order chi connectivity index (χ0) is 13.5. The van der Waals surface area contributed by atoms with E-state index in [1.165, 1.54) is 0 Å². The van der Waals surface area contributed by atoms with E-state index in [-0.39, 0.29) is 12.6 Å². The Morgan fingerprint density at radius 1 is 1.44 bits per heavy atom. The van der Waals surface area contributed by atoms with Crippen molar-refractivity contribution in [3.05, 3.63) is 35.4 Å². The number of nitrogens with two attached hydrogens (primary N) is 1. The average Bonchev–Trinajstić information content (AvgIpc) is 2.27. The maximum Gasteiger partial charge on any atom is 0.164 e. The summed E-state index contributed by atoms with van der Waals surface area (Å²) >= 11 is 5.73. The Balaban J connectivity index is 2.99. The highest BCUT2D eigenvalue weighted by atomic mass is 35.5. The van der Waals surface area contributed by atoms with Gasteiger partial charge in [0.1, 0.15) is 6.61 Å². The van der Waals surface area contributed by atoms with Gasteiger partial charge in [-0.25, -0.2) is 0 Å². The second-order valence-corrected chi connectivity index (χ2v) is 4.70. The first-order chi connectivity index (χ1) is 8.54. The van der Waals surface area contributed by atoms with E-state index in [0.717, 1.165) is 12.0 Å². The first-order valence-corrected chi connectivity index (χ1v) is 6.38. The van der Waals surface area contributed by atoms with Crippen LogP contribution in [-0.4, -0.2) is 19.3 Å². The predicted octanol–water partition coefficient (Wildman–Crippen LogP) is 3.11. The summed E-state index contributed by atoms with van der Waals surface area (Å²) in [5.41, 5.74) is 6.86. The van der Waals surface area contributed by atoms with Gasteiger partial charge < -0.3 is 15.2 Å². The van der Waals surface area contributed by atoms with Gasteiger partial charge in [0.05, 0.1) is 6.61 Å². The molecule has 0 saturated heterocycles. The van der Waals surface area contributed by atoms with Crippen LogP contribution in [-0.2, 0) is 6.42 Å². The lowest BCUT2D eigenvalue weighted by atomic mass is 10.1. The van der Waals surface area contributed by atoms with Crippen molar-refractivity contribution >= 4 is 11.6 Å². The molecule has 0 heterocycles. The van der Waals surface area contributed by atoms with Gasteiger partial charge in [-0.3, -0.25) is 0 Å². The molecule has 0 aliphatic heterocycles. The van der Waals surface area contributed by atoms with Gasteiger partial charge in [-0.05, 0) is 31.9 Å². The van der Waals surface area contributed by atoms with Crippen LogP contribution in [0.4, 0.5) is 0 Å². The van der Waals surface area contributed by atoms with Crippen molar-refractivity contribution in [1.29, 1.82) is 0 Å². The molecular weight excluding hydrogens is 250 g/mol. The third kappa shape index (κ3) is 4.59. The molecule has 1 aromatic rings. The number of rotatable bonds is 7. The number of halogens is 1. The summed E-state index contributed by atoms with van der Waals surface area (Å²) in [6.45, 7) is 8.35. The second kappa shape index (κ2) is 7.29. The Labute approximate surface area is 114 Å². The Morgan fingerprint density at radius 3 is 2.72 bits per heavy atom. The maximum atomic E-state index is 5.83. The summed E-state index contributed by atoms with van der Waals surface area (Å²) in [6, 6.07) is 5.85. The van der Waals surface area contributed by atoms with Gasteiger partial charge in [-0.15, -0.1) is 0 Å². The highest BCUT2D eigenvalue weighted by Crippen LogP contribution is 2.32. The van der Waals surface area contributed by atoms with Crippen LogP contribution in [0.5, 0.6) is 11.5 Å². The van der Waals surface area contributed by atoms with E-state index in [9.17, 15) is 0 Å². The fourth-order valence-corrected chi connectivity index (χ4v) is 1.71. The van der Waals surface area contributed by atoms with Gasteiger partial charge in [-0.1, -0.05) is 30.3 Å². The molecule has 0 spiro atoms. The minimum atomic E-state index is 0.0587. The van der Waals surface area contributed by atoms with Gasteiger partial charge in [0.25, 0.3) is 0 Å². The van der Waals surface area contributed by atoms with E-state index >= 15 is 0 Å². The maximum absolute atomic E-state index is 5.83. The van der Waals surface area contributed by atoms with Crippen molar-refractivity contribution < 1.29 is 9.47 Å². The van der Waals surface area contributed by atoms with Crippen molar-refractivity contribution in [3.63, 3.8) is 0 Å². The number of benzene rings is 1. The molecule has 1 unspecified atom stereocenters. The van der Waals surface area contributed by atoms with Crippen LogP contribution in [0.25, 0.3) is 0 Å². The molecule has 0 amide bonds. The van der Waals surface area contributed by atoms with Crippen molar-refractivity contribution in [2.45, 2.75) is 26.3 Å². The molecule has 18 heavy (non-hydrogen) atoms. The summed E-state index contributed by atoms with van der Waals surface area (Å²) in [6.07, 6.45) is 0.727. The molecule has 100 valence electrons. The molecular formula is C14H20ClNO2. The van der Waals surface area contributed by atoms with Crippen LogP contribution in [0.15, 0.2) is 29.8 Å². The van der Waals surface area contributed by atoms with Gasteiger partial charge in [0.15, 0.2) is 11.5 Å². The summed E-state index contributed by atoms with van der Waals surface area (Å²) in [5.74, 6) is 1.42. The fraction of sp³-hybridized carbons (Fsp3) is 0.429. The summed E-state index contributed by atoms with van der Waals surface area (Å²) < 4.78 is 11.2. The molecule has 1 atom stereocenters. The minimum absolute atomic E-state index is 0.0587. The minimum Gasteiger partial charge on any atom is -0.490 e. The van der Waals surface area contributed by atoms with E-state index in [4.69, 9.17) is 26.8 Å². The molecule has 3 nitrogen and oxygen atoms in total. The smallest absolute Gasteiger partial charge is 0.164 e. The molecule has 0 aromatic heterocycles. The van der Waals surface area contributed by atoms with Gasteiger partial charge in [-0.2, -0.15) is 0 Å². The van der Waals surface area contributed by atoms with E-state index < -0.39 is 0 Å². The topological polar surface area (TPSA) is 44.5 Å². The molecule has 0 fully saturated rings. The molecule has 0 aliphatic rings. The molecule has 0 saturated carbocycles. The lowest BCUT2D eigenvalue weighted by Gasteiger charge is -2.16. The first kappa shape index (κ1) is 14.9. The number of hydrogen-bond donors (Lipinski definition) is 1. The van der Waals surface area contributed by atoms with Crippen LogP contribution in [0.2, 0.25) is 0 Å². The number of para-hydroxylation sites is 1. The SMILES string of the molecule is C=C(Cl)COc1c(CC(C)N)cccc1OCC. The van der Waals surface area contributed by atoms with Crippen LogP contribution >= 0.6 is 11.6 Å². The van der Waals surface area contributed by atoms with Crippen LogP contribution in [0.1, 0.15) is 19.4 Å². The van der Waals surface area contributed by atoms with Crippen LogP contribution < -0.4 is 15.2 Å². The summed E-state index contributed by atoms with van der Waals surface area (Å²) in [4.78, 5) is 0. The molecule has 4 heteroatoms. The monoisotopic (exact) mass is 269 g/mol. The third-order valence-electron chi connectivity index (χ3n) is 2.28. The van der Waals surface area contributed by atoms with Crippen LogP contribution in [0, 0.1) is 0 Å². The van der Waals surface area contributed by atoms with Crippen molar-refractivity contribution in [2.75, 3.05) is 13.2 Å². The quantitative estimate of drug-likeness (QED) is 0.827. The Bertz CT molecular complexity index is 405. The zero-order valence-corrected chi connectivity index (χ0v) is 11.7. The van der Waals surface area contributed by atoms with E-state index in [0.29, 0.717) is 23.1 Å². The molecule has 0 bridgehead atoms. The molecule has 1 aromatic carbocycles. The summed E-state index contributed by atoms with van der Waals surface area (Å²) in [5, 5.41) is 0.452. The zero-order valence-electron chi connectivity index (χ0n) is 10.9. The highest BCUT2D eigenvalue weighted by molar-refractivity contribution is 6.29. The second-order valence-electron chi connectivity index (χ2n) is 4.16. The van der Waals surface area contributed by atoms with Crippen molar-refractivity contribution in [2.24, 2.45) is 5.73 Å². The molecule has 0 aliphatic carbocycles. The van der Waals surface area contributed by atoms with E-state index in [1.54, 1.807) is 0 Å². The highest BCUT2D eigenvalue weighted by Gasteiger charge is 2.12. The fourth-order valence-electron chi connectivity index (χ4n) is 1.65. The summed E-state index contributed by atoms with van der Waals surface area (Å²) in [7, 11) is 0. The standard InChI is InChI=1S/C14H20ClNO2/c1-4-17-13-7-5-6-12(8-11(3)16)14(13)18-9-10(2)15/h5-7,11H,2,4,8-9,16H2,1,3H3. The van der Waals surface area contributed by atoms with Crippen LogP contribution in [0.3, 0.4) is 0 Å². The Kier molecular flexibility index (Phi) is 6.02.